The van der Waals surface area contributed by atoms with Crippen LogP contribution in [0.1, 0.15) is 16.7 Å². The van der Waals surface area contributed by atoms with Gasteiger partial charge < -0.3 is 19.5 Å². The third kappa shape index (κ3) is 5.01. The van der Waals surface area contributed by atoms with E-state index in [0.717, 1.165) is 23.2 Å². The number of nitrogens with one attached hydrogen (secondary N) is 1. The van der Waals surface area contributed by atoms with Crippen LogP contribution in [-0.4, -0.2) is 24.0 Å². The van der Waals surface area contributed by atoms with Crippen LogP contribution in [0.5, 0.6) is 17.2 Å². The Balaban J connectivity index is 1.69. The van der Waals surface area contributed by atoms with E-state index in [4.69, 9.17) is 14.2 Å². The van der Waals surface area contributed by atoms with Gasteiger partial charge in [0.25, 0.3) is 0 Å². The number of nitrogens with zero attached hydrogens (tertiary/aromatic N) is 2. The van der Waals surface area contributed by atoms with Crippen molar-refractivity contribution in [2.45, 2.75) is 19.7 Å². The highest BCUT2D eigenvalue weighted by atomic mass is 16.5. The zero-order chi connectivity index (χ0) is 19.1. The Labute approximate surface area is 159 Å². The highest BCUT2D eigenvalue weighted by Gasteiger charge is 2.14. The van der Waals surface area contributed by atoms with Gasteiger partial charge in [-0.3, -0.25) is 4.68 Å². The molecular weight excluding hydrogens is 342 g/mol. The number of aryl methyl sites for hydroxylation is 1. The fraction of sp³-hybridized carbons (Fsp3) is 0.286. The third-order valence-corrected chi connectivity index (χ3v) is 4.16. The van der Waals surface area contributed by atoms with Crippen LogP contribution in [-0.2, 0) is 26.7 Å². The molecule has 0 bridgehead atoms. The van der Waals surface area contributed by atoms with Crippen LogP contribution in [0, 0.1) is 0 Å². The molecule has 1 aromatic heterocycles. The van der Waals surface area contributed by atoms with Crippen LogP contribution in [0.4, 0.5) is 0 Å². The maximum absolute atomic E-state index is 5.99. The first-order valence-corrected chi connectivity index (χ1v) is 8.79. The summed E-state index contributed by atoms with van der Waals surface area (Å²) in [5, 5.41) is 7.58. The molecule has 0 saturated heterocycles. The zero-order valence-electron chi connectivity index (χ0n) is 15.9. The molecule has 0 amide bonds. The molecule has 27 heavy (non-hydrogen) atoms. The SMILES string of the molecule is COc1cc(CNCc2cnn(C)c2)cc(OC)c1OCc1ccccc1. The van der Waals surface area contributed by atoms with Crippen molar-refractivity contribution >= 4 is 0 Å². The van der Waals surface area contributed by atoms with Gasteiger partial charge in [-0.15, -0.1) is 0 Å². The van der Waals surface area contributed by atoms with E-state index >= 15 is 0 Å². The summed E-state index contributed by atoms with van der Waals surface area (Å²) in [7, 11) is 5.18. The number of hydrogen-bond donors (Lipinski definition) is 1. The molecule has 1 N–H and O–H groups in total. The first-order chi connectivity index (χ1) is 13.2. The monoisotopic (exact) mass is 367 g/mol. The highest BCUT2D eigenvalue weighted by Crippen LogP contribution is 2.39. The van der Waals surface area contributed by atoms with Crippen molar-refractivity contribution in [3.05, 3.63) is 71.5 Å². The van der Waals surface area contributed by atoms with Crippen molar-refractivity contribution in [1.29, 1.82) is 0 Å². The van der Waals surface area contributed by atoms with E-state index in [1.165, 1.54) is 0 Å². The summed E-state index contributed by atoms with van der Waals surface area (Å²) in [5.74, 6) is 1.92. The lowest BCUT2D eigenvalue weighted by Gasteiger charge is -2.16. The Morgan fingerprint density at radius 1 is 0.926 bits per heavy atom. The molecule has 142 valence electrons. The number of hydrogen-bond acceptors (Lipinski definition) is 5. The summed E-state index contributed by atoms with van der Waals surface area (Å²) in [6.07, 6.45) is 3.85. The average molecular weight is 367 g/mol. The van der Waals surface area contributed by atoms with E-state index in [2.05, 4.69) is 10.4 Å². The molecule has 2 aromatic carbocycles. The molecule has 0 aliphatic carbocycles. The van der Waals surface area contributed by atoms with Crippen molar-refractivity contribution in [3.63, 3.8) is 0 Å². The van der Waals surface area contributed by atoms with Crippen molar-refractivity contribution in [1.82, 2.24) is 15.1 Å². The summed E-state index contributed by atoms with van der Waals surface area (Å²) in [5.41, 5.74) is 3.28. The van der Waals surface area contributed by atoms with Gasteiger partial charge in [0.1, 0.15) is 6.61 Å². The van der Waals surface area contributed by atoms with E-state index in [0.29, 0.717) is 30.4 Å². The minimum Gasteiger partial charge on any atom is -0.493 e. The molecule has 0 aliphatic heterocycles. The second kappa shape index (κ2) is 9.09. The first-order valence-electron chi connectivity index (χ1n) is 8.79. The zero-order valence-corrected chi connectivity index (χ0v) is 15.9. The molecule has 0 atom stereocenters. The second-order valence-electron chi connectivity index (χ2n) is 6.23. The number of methoxy groups -OCH3 is 2. The largest absolute Gasteiger partial charge is 0.493 e. The van der Waals surface area contributed by atoms with Gasteiger partial charge in [-0.25, -0.2) is 0 Å². The topological polar surface area (TPSA) is 57.5 Å². The molecule has 3 aromatic rings. The van der Waals surface area contributed by atoms with Gasteiger partial charge in [-0.2, -0.15) is 5.10 Å². The van der Waals surface area contributed by atoms with Gasteiger partial charge in [-0.1, -0.05) is 30.3 Å². The first kappa shape index (κ1) is 18.8. The van der Waals surface area contributed by atoms with Gasteiger partial charge in [0, 0.05) is 31.9 Å². The van der Waals surface area contributed by atoms with Gasteiger partial charge in [0.15, 0.2) is 11.5 Å². The van der Waals surface area contributed by atoms with Gasteiger partial charge in [0.2, 0.25) is 5.75 Å². The summed E-state index contributed by atoms with van der Waals surface area (Å²) in [6.45, 7) is 1.87. The fourth-order valence-corrected chi connectivity index (χ4v) is 2.82. The average Bonchev–Trinajstić information content (AvgIpc) is 3.12. The molecule has 0 unspecified atom stereocenters. The highest BCUT2D eigenvalue weighted by molar-refractivity contribution is 5.54. The lowest BCUT2D eigenvalue weighted by atomic mass is 10.1. The van der Waals surface area contributed by atoms with Crippen molar-refractivity contribution in [3.8, 4) is 17.2 Å². The van der Waals surface area contributed by atoms with Crippen LogP contribution < -0.4 is 19.5 Å². The molecule has 0 radical (unpaired) electrons. The van der Waals surface area contributed by atoms with Crippen LogP contribution in [0.25, 0.3) is 0 Å². The summed E-state index contributed by atoms with van der Waals surface area (Å²) in [6, 6.07) is 14.0. The quantitative estimate of drug-likeness (QED) is 0.629. The Bertz CT molecular complexity index is 837. The van der Waals surface area contributed by atoms with E-state index in [-0.39, 0.29) is 0 Å². The Hall–Kier alpha value is -2.99. The molecule has 6 heteroatoms. The summed E-state index contributed by atoms with van der Waals surface area (Å²) >= 11 is 0. The number of benzene rings is 2. The van der Waals surface area contributed by atoms with Gasteiger partial charge >= 0.3 is 0 Å². The van der Waals surface area contributed by atoms with Crippen LogP contribution in [0.3, 0.4) is 0 Å². The fourth-order valence-electron chi connectivity index (χ4n) is 2.82. The Morgan fingerprint density at radius 3 is 2.19 bits per heavy atom. The maximum atomic E-state index is 5.99. The molecule has 0 fully saturated rings. The second-order valence-corrected chi connectivity index (χ2v) is 6.23. The normalized spacial score (nSPS) is 10.6. The predicted octanol–water partition coefficient (Wildman–Crippen LogP) is 3.31. The van der Waals surface area contributed by atoms with E-state index in [9.17, 15) is 0 Å². The van der Waals surface area contributed by atoms with Crippen LogP contribution in [0.15, 0.2) is 54.9 Å². The molecule has 3 rings (SSSR count). The Morgan fingerprint density at radius 2 is 1.59 bits per heavy atom. The lowest BCUT2D eigenvalue weighted by molar-refractivity contribution is 0.265. The van der Waals surface area contributed by atoms with E-state index < -0.39 is 0 Å². The smallest absolute Gasteiger partial charge is 0.203 e. The summed E-state index contributed by atoms with van der Waals surface area (Å²) in [4.78, 5) is 0. The molecule has 6 nitrogen and oxygen atoms in total. The van der Waals surface area contributed by atoms with E-state index in [1.807, 2.05) is 61.9 Å². The van der Waals surface area contributed by atoms with Crippen LogP contribution >= 0.6 is 0 Å². The van der Waals surface area contributed by atoms with Gasteiger partial charge in [-0.05, 0) is 23.3 Å². The maximum Gasteiger partial charge on any atom is 0.203 e. The Kier molecular flexibility index (Phi) is 6.33. The summed E-state index contributed by atoms with van der Waals surface area (Å²) < 4.78 is 18.9. The molecule has 0 saturated carbocycles. The van der Waals surface area contributed by atoms with E-state index in [1.54, 1.807) is 18.9 Å². The molecule has 0 spiro atoms. The van der Waals surface area contributed by atoms with Crippen LogP contribution in [0.2, 0.25) is 0 Å². The number of rotatable bonds is 9. The van der Waals surface area contributed by atoms with Gasteiger partial charge in [0.05, 0.1) is 20.4 Å². The lowest BCUT2D eigenvalue weighted by Crippen LogP contribution is -2.12. The molecular formula is C21H25N3O3. The van der Waals surface area contributed by atoms with Crippen molar-refractivity contribution < 1.29 is 14.2 Å². The van der Waals surface area contributed by atoms with Crippen molar-refractivity contribution in [2.75, 3.05) is 14.2 Å². The van der Waals surface area contributed by atoms with Crippen molar-refractivity contribution in [2.24, 2.45) is 7.05 Å². The molecule has 0 aliphatic rings. The predicted molar refractivity (Wildman–Crippen MR) is 104 cm³/mol. The minimum absolute atomic E-state index is 0.451. The minimum atomic E-state index is 0.451. The molecule has 1 heterocycles. The number of ether oxygens (including phenoxy) is 3. The number of aromatic nitrogens is 2. The third-order valence-electron chi connectivity index (χ3n) is 4.16. The standard InChI is InChI=1S/C21H25N3O3/c1-24-14-18(13-23-24)12-22-11-17-9-19(25-2)21(20(10-17)26-3)27-15-16-7-5-4-6-8-16/h4-10,13-14,22H,11-12,15H2,1-3H3.